The van der Waals surface area contributed by atoms with Crippen molar-refractivity contribution in [2.24, 2.45) is 0 Å². The number of rotatable bonds is 4. The van der Waals surface area contributed by atoms with E-state index in [0.717, 1.165) is 6.07 Å². The zero-order chi connectivity index (χ0) is 16.4. The van der Waals surface area contributed by atoms with Gasteiger partial charge in [-0.2, -0.15) is 4.39 Å². The van der Waals surface area contributed by atoms with Crippen molar-refractivity contribution in [3.63, 3.8) is 0 Å². The van der Waals surface area contributed by atoms with Crippen molar-refractivity contribution in [2.75, 3.05) is 0 Å². The maximum Gasteiger partial charge on any atom is 0.335 e. The molecular formula is C15H11F2NO4. The highest BCUT2D eigenvalue weighted by Crippen LogP contribution is 2.35. The van der Waals surface area contributed by atoms with Crippen LogP contribution >= 0.6 is 0 Å². The first kappa shape index (κ1) is 15.6. The molecule has 0 fully saturated rings. The van der Waals surface area contributed by atoms with Crippen molar-refractivity contribution in [3.05, 3.63) is 63.2 Å². The average molecular weight is 307 g/mol. The normalized spacial score (nSPS) is 10.5. The van der Waals surface area contributed by atoms with Gasteiger partial charge in [-0.05, 0) is 30.2 Å². The third-order valence-electron chi connectivity index (χ3n) is 3.26. The number of aromatic carboxylic acids is 1. The van der Waals surface area contributed by atoms with Crippen molar-refractivity contribution in [1.29, 1.82) is 0 Å². The lowest BCUT2D eigenvalue weighted by atomic mass is 9.98. The summed E-state index contributed by atoms with van der Waals surface area (Å²) < 4.78 is 28.5. The zero-order valence-electron chi connectivity index (χ0n) is 11.5. The second-order valence-electron chi connectivity index (χ2n) is 4.55. The minimum atomic E-state index is -1.26. The van der Waals surface area contributed by atoms with Gasteiger partial charge in [-0.1, -0.05) is 19.1 Å². The molecule has 0 amide bonds. The summed E-state index contributed by atoms with van der Waals surface area (Å²) in [6.45, 7) is 1.56. The Morgan fingerprint density at radius 1 is 1.27 bits per heavy atom. The molecule has 0 aromatic heterocycles. The number of aryl methyl sites for hydroxylation is 1. The van der Waals surface area contributed by atoms with Crippen LogP contribution in [-0.4, -0.2) is 16.0 Å². The number of carbonyl (C=O) groups is 1. The van der Waals surface area contributed by atoms with Gasteiger partial charge in [0.15, 0.2) is 0 Å². The number of carboxylic acid groups (broad SMARTS) is 1. The fourth-order valence-corrected chi connectivity index (χ4v) is 2.17. The number of halogens is 2. The molecule has 5 nitrogen and oxygen atoms in total. The quantitative estimate of drug-likeness (QED) is 0.688. The molecule has 0 saturated heterocycles. The molecule has 0 bridgehead atoms. The maximum absolute atomic E-state index is 14.4. The molecule has 0 aliphatic rings. The first-order chi connectivity index (χ1) is 10.4. The lowest BCUT2D eigenvalue weighted by molar-refractivity contribution is -0.388. The molecule has 0 unspecified atom stereocenters. The van der Waals surface area contributed by atoms with Gasteiger partial charge in [0, 0.05) is 5.56 Å². The second-order valence-corrected chi connectivity index (χ2v) is 4.55. The van der Waals surface area contributed by atoms with Gasteiger partial charge < -0.3 is 5.11 Å². The van der Waals surface area contributed by atoms with Crippen molar-refractivity contribution < 1.29 is 23.6 Å². The molecule has 0 aliphatic carbocycles. The summed E-state index contributed by atoms with van der Waals surface area (Å²) in [5.74, 6) is -3.37. The number of nitro benzene ring substituents is 1. The van der Waals surface area contributed by atoms with Crippen LogP contribution < -0.4 is 0 Å². The Kier molecular flexibility index (Phi) is 4.16. The predicted octanol–water partition coefficient (Wildman–Crippen LogP) is 3.80. The van der Waals surface area contributed by atoms with Crippen molar-refractivity contribution in [3.8, 4) is 11.1 Å². The van der Waals surface area contributed by atoms with Gasteiger partial charge in [-0.3, -0.25) is 10.1 Å². The van der Waals surface area contributed by atoms with Crippen molar-refractivity contribution in [1.82, 2.24) is 0 Å². The average Bonchev–Trinajstić information content (AvgIpc) is 2.46. The molecule has 1 N–H and O–H groups in total. The highest BCUT2D eigenvalue weighted by Gasteiger charge is 2.27. The lowest BCUT2D eigenvalue weighted by Gasteiger charge is -2.09. The third kappa shape index (κ3) is 2.65. The maximum atomic E-state index is 14.4. The van der Waals surface area contributed by atoms with Gasteiger partial charge in [-0.15, -0.1) is 0 Å². The Balaban J connectivity index is 2.67. The largest absolute Gasteiger partial charge is 0.478 e. The summed E-state index contributed by atoms with van der Waals surface area (Å²) in [4.78, 5) is 20.9. The molecule has 2 aromatic carbocycles. The molecule has 0 heterocycles. The number of nitro groups is 1. The topological polar surface area (TPSA) is 80.4 Å². The minimum Gasteiger partial charge on any atom is -0.478 e. The molecule has 0 spiro atoms. The number of hydrogen-bond donors (Lipinski definition) is 1. The lowest BCUT2D eigenvalue weighted by Crippen LogP contribution is -2.03. The Labute approximate surface area is 124 Å². The van der Waals surface area contributed by atoms with E-state index >= 15 is 0 Å². The molecule has 0 saturated carbocycles. The molecule has 2 aromatic rings. The van der Waals surface area contributed by atoms with E-state index in [9.17, 15) is 23.7 Å². The SMILES string of the molecule is CCc1cc(F)c(-c2ccc(C(=O)O)cc2)c(F)c1[N+](=O)[O-]. The van der Waals surface area contributed by atoms with Crippen LogP contribution in [0, 0.1) is 21.7 Å². The fraction of sp³-hybridized carbons (Fsp3) is 0.133. The number of carboxylic acids is 1. The number of hydrogen-bond acceptors (Lipinski definition) is 3. The van der Waals surface area contributed by atoms with Crippen LogP contribution in [0.15, 0.2) is 30.3 Å². The molecular weight excluding hydrogens is 296 g/mol. The van der Waals surface area contributed by atoms with E-state index in [1.54, 1.807) is 6.92 Å². The van der Waals surface area contributed by atoms with Crippen LogP contribution in [0.1, 0.15) is 22.8 Å². The van der Waals surface area contributed by atoms with E-state index in [4.69, 9.17) is 5.11 Å². The highest BCUT2D eigenvalue weighted by atomic mass is 19.1. The van der Waals surface area contributed by atoms with E-state index in [1.807, 2.05) is 0 Å². The fourth-order valence-electron chi connectivity index (χ4n) is 2.17. The van der Waals surface area contributed by atoms with Crippen LogP contribution in [0.5, 0.6) is 0 Å². The molecule has 114 valence electrons. The summed E-state index contributed by atoms with van der Waals surface area (Å²) in [6, 6.07) is 5.70. The minimum absolute atomic E-state index is 0.0331. The van der Waals surface area contributed by atoms with E-state index in [-0.39, 0.29) is 23.1 Å². The Morgan fingerprint density at radius 2 is 1.86 bits per heavy atom. The first-order valence-electron chi connectivity index (χ1n) is 6.35. The van der Waals surface area contributed by atoms with Gasteiger partial charge in [0.2, 0.25) is 5.82 Å². The van der Waals surface area contributed by atoms with Gasteiger partial charge >= 0.3 is 11.7 Å². The predicted molar refractivity (Wildman–Crippen MR) is 74.8 cm³/mol. The van der Waals surface area contributed by atoms with Gasteiger partial charge in [-0.25, -0.2) is 9.18 Å². The van der Waals surface area contributed by atoms with Gasteiger partial charge in [0.25, 0.3) is 0 Å². The monoisotopic (exact) mass is 307 g/mol. The molecule has 22 heavy (non-hydrogen) atoms. The van der Waals surface area contributed by atoms with Crippen molar-refractivity contribution >= 4 is 11.7 Å². The van der Waals surface area contributed by atoms with E-state index in [0.29, 0.717) is 0 Å². The summed E-state index contributed by atoms with van der Waals surface area (Å²) in [5, 5.41) is 19.8. The number of benzene rings is 2. The third-order valence-corrected chi connectivity index (χ3v) is 3.26. The van der Waals surface area contributed by atoms with Crippen LogP contribution in [0.3, 0.4) is 0 Å². The smallest absolute Gasteiger partial charge is 0.335 e. The van der Waals surface area contributed by atoms with Crippen LogP contribution in [0.2, 0.25) is 0 Å². The summed E-state index contributed by atoms with van der Waals surface area (Å²) in [7, 11) is 0. The van der Waals surface area contributed by atoms with Crippen LogP contribution in [0.25, 0.3) is 11.1 Å². The summed E-state index contributed by atoms with van der Waals surface area (Å²) >= 11 is 0. The van der Waals surface area contributed by atoms with E-state index in [2.05, 4.69) is 0 Å². The van der Waals surface area contributed by atoms with Crippen LogP contribution in [0.4, 0.5) is 14.5 Å². The highest BCUT2D eigenvalue weighted by molar-refractivity contribution is 5.88. The van der Waals surface area contributed by atoms with Crippen molar-refractivity contribution in [2.45, 2.75) is 13.3 Å². The second kappa shape index (κ2) is 5.88. The summed E-state index contributed by atoms with van der Waals surface area (Å²) in [6.07, 6.45) is 0.113. The molecule has 2 rings (SSSR count). The molecule has 0 atom stereocenters. The first-order valence-corrected chi connectivity index (χ1v) is 6.35. The number of nitrogens with zero attached hydrogens (tertiary/aromatic N) is 1. The van der Waals surface area contributed by atoms with E-state index < -0.39 is 33.8 Å². The van der Waals surface area contributed by atoms with Crippen LogP contribution in [-0.2, 0) is 6.42 Å². The van der Waals surface area contributed by atoms with Gasteiger partial charge in [0.1, 0.15) is 5.82 Å². The molecule has 7 heteroatoms. The molecule has 0 aliphatic heterocycles. The summed E-state index contributed by atoms with van der Waals surface area (Å²) in [5.41, 5.74) is -1.36. The van der Waals surface area contributed by atoms with Gasteiger partial charge in [0.05, 0.1) is 16.1 Å². The standard InChI is InChI=1S/C15H11F2NO4/c1-2-8-7-11(16)12(13(17)14(8)18(21)22)9-3-5-10(6-4-9)15(19)20/h3-7H,2H2,1H3,(H,19,20). The Morgan fingerprint density at radius 3 is 2.32 bits per heavy atom. The van der Waals surface area contributed by atoms with E-state index in [1.165, 1.54) is 24.3 Å². The zero-order valence-corrected chi connectivity index (χ0v) is 11.5. The Bertz CT molecular complexity index is 757. The Hall–Kier alpha value is -2.83. The molecule has 0 radical (unpaired) electrons.